The van der Waals surface area contributed by atoms with Gasteiger partial charge in [-0.1, -0.05) is 0 Å². The van der Waals surface area contributed by atoms with E-state index in [-0.39, 0.29) is 24.2 Å². The van der Waals surface area contributed by atoms with Gasteiger partial charge in [0.25, 0.3) is 5.91 Å². The molecule has 0 heterocycles. The van der Waals surface area contributed by atoms with E-state index in [1.807, 2.05) is 5.43 Å². The summed E-state index contributed by atoms with van der Waals surface area (Å²) in [7, 11) is 0. The zero-order chi connectivity index (χ0) is 10.6. The van der Waals surface area contributed by atoms with Gasteiger partial charge in [-0.15, -0.1) is 12.4 Å². The lowest BCUT2D eigenvalue weighted by Crippen LogP contribution is -2.29. The van der Waals surface area contributed by atoms with Crippen LogP contribution in [0.3, 0.4) is 0 Å². The fraction of sp³-hybridized carbons (Fsp3) is 0.111. The SMILES string of the molecule is CC(=O)Nc1ccc(C(=O)NN)cc1.Cl. The number of anilines is 1. The second kappa shape index (κ2) is 6.00. The summed E-state index contributed by atoms with van der Waals surface area (Å²) in [6.07, 6.45) is 0. The Morgan fingerprint density at radius 3 is 2.13 bits per heavy atom. The van der Waals surface area contributed by atoms with Crippen LogP contribution in [0.2, 0.25) is 0 Å². The Balaban J connectivity index is 0.00000196. The first-order chi connectivity index (χ1) is 6.63. The molecule has 1 rings (SSSR count). The first-order valence-electron chi connectivity index (χ1n) is 4.02. The monoisotopic (exact) mass is 229 g/mol. The second-order valence-electron chi connectivity index (χ2n) is 2.73. The lowest BCUT2D eigenvalue weighted by molar-refractivity contribution is -0.114. The van der Waals surface area contributed by atoms with Crippen molar-refractivity contribution in [3.63, 3.8) is 0 Å². The van der Waals surface area contributed by atoms with Crippen LogP contribution in [0.15, 0.2) is 24.3 Å². The van der Waals surface area contributed by atoms with E-state index < -0.39 is 0 Å². The summed E-state index contributed by atoms with van der Waals surface area (Å²) in [5, 5.41) is 2.59. The van der Waals surface area contributed by atoms with Gasteiger partial charge >= 0.3 is 0 Å². The number of nitrogen functional groups attached to an aromatic ring is 1. The smallest absolute Gasteiger partial charge is 0.265 e. The Kier molecular flexibility index (Phi) is 5.36. The van der Waals surface area contributed by atoms with Crippen LogP contribution in [0.1, 0.15) is 17.3 Å². The van der Waals surface area contributed by atoms with Gasteiger partial charge in [0.1, 0.15) is 0 Å². The highest BCUT2D eigenvalue weighted by Crippen LogP contribution is 2.08. The number of nitrogens with one attached hydrogen (secondary N) is 2. The van der Waals surface area contributed by atoms with Crippen molar-refractivity contribution in [3.8, 4) is 0 Å². The molecule has 0 fully saturated rings. The summed E-state index contributed by atoms with van der Waals surface area (Å²) in [6, 6.07) is 6.42. The molecule has 15 heavy (non-hydrogen) atoms. The Labute approximate surface area is 93.4 Å². The average Bonchev–Trinajstić information content (AvgIpc) is 2.17. The van der Waals surface area contributed by atoms with E-state index >= 15 is 0 Å². The number of nitrogens with two attached hydrogens (primary N) is 1. The lowest BCUT2D eigenvalue weighted by Gasteiger charge is -2.03. The van der Waals surface area contributed by atoms with Gasteiger partial charge in [0.2, 0.25) is 5.91 Å². The highest BCUT2D eigenvalue weighted by molar-refractivity contribution is 5.95. The van der Waals surface area contributed by atoms with Crippen LogP contribution in [-0.2, 0) is 4.79 Å². The highest BCUT2D eigenvalue weighted by atomic mass is 35.5. The summed E-state index contributed by atoms with van der Waals surface area (Å²) in [5.74, 6) is 4.44. The molecule has 0 saturated heterocycles. The van der Waals surface area contributed by atoms with Crippen LogP contribution in [0.25, 0.3) is 0 Å². The number of hydrogen-bond donors (Lipinski definition) is 3. The van der Waals surface area contributed by atoms with Crippen molar-refractivity contribution in [1.29, 1.82) is 0 Å². The zero-order valence-electron chi connectivity index (χ0n) is 8.11. The molecule has 0 saturated carbocycles. The summed E-state index contributed by atoms with van der Waals surface area (Å²) in [4.78, 5) is 21.7. The number of halogens is 1. The van der Waals surface area contributed by atoms with E-state index in [0.29, 0.717) is 11.3 Å². The summed E-state index contributed by atoms with van der Waals surface area (Å²) in [5.41, 5.74) is 3.11. The largest absolute Gasteiger partial charge is 0.326 e. The third-order valence-corrected chi connectivity index (χ3v) is 1.60. The van der Waals surface area contributed by atoms with E-state index in [4.69, 9.17) is 5.84 Å². The Morgan fingerprint density at radius 1 is 1.20 bits per heavy atom. The molecule has 0 unspecified atom stereocenters. The molecule has 0 spiro atoms. The van der Waals surface area contributed by atoms with Crippen molar-refractivity contribution in [1.82, 2.24) is 5.43 Å². The van der Waals surface area contributed by atoms with Crippen molar-refractivity contribution in [2.75, 3.05) is 5.32 Å². The van der Waals surface area contributed by atoms with Crippen molar-refractivity contribution >= 4 is 29.9 Å². The van der Waals surface area contributed by atoms with Gasteiger partial charge in [-0.05, 0) is 24.3 Å². The van der Waals surface area contributed by atoms with Gasteiger partial charge in [-0.3, -0.25) is 15.0 Å². The van der Waals surface area contributed by atoms with Gasteiger partial charge in [-0.2, -0.15) is 0 Å². The van der Waals surface area contributed by atoms with E-state index in [2.05, 4.69) is 5.32 Å². The molecule has 0 atom stereocenters. The molecule has 0 bridgehead atoms. The van der Waals surface area contributed by atoms with E-state index in [1.54, 1.807) is 24.3 Å². The Bertz CT molecular complexity index is 351. The number of carbonyl (C=O) groups is 2. The number of rotatable bonds is 2. The third-order valence-electron chi connectivity index (χ3n) is 1.60. The van der Waals surface area contributed by atoms with Crippen LogP contribution >= 0.6 is 12.4 Å². The topological polar surface area (TPSA) is 84.2 Å². The first-order valence-corrected chi connectivity index (χ1v) is 4.02. The van der Waals surface area contributed by atoms with Gasteiger partial charge in [0, 0.05) is 18.2 Å². The fourth-order valence-corrected chi connectivity index (χ4v) is 0.992. The molecule has 0 radical (unpaired) electrons. The normalized spacial score (nSPS) is 8.67. The summed E-state index contributed by atoms with van der Waals surface area (Å²) >= 11 is 0. The molecule has 1 aromatic carbocycles. The maximum atomic E-state index is 11.0. The molecule has 0 aliphatic heterocycles. The molecular formula is C9H12ClN3O2. The number of carbonyl (C=O) groups excluding carboxylic acids is 2. The van der Waals surface area contributed by atoms with Gasteiger partial charge in [-0.25, -0.2) is 5.84 Å². The molecule has 0 aliphatic carbocycles. The van der Waals surface area contributed by atoms with E-state index in [1.165, 1.54) is 6.92 Å². The number of hydrogen-bond acceptors (Lipinski definition) is 3. The molecule has 4 N–H and O–H groups in total. The van der Waals surface area contributed by atoms with Crippen molar-refractivity contribution in [2.24, 2.45) is 5.84 Å². The minimum atomic E-state index is -0.362. The Morgan fingerprint density at radius 2 is 1.73 bits per heavy atom. The van der Waals surface area contributed by atoms with Crippen molar-refractivity contribution < 1.29 is 9.59 Å². The predicted octanol–water partition coefficient (Wildman–Crippen LogP) is 0.670. The molecular weight excluding hydrogens is 218 g/mol. The van der Waals surface area contributed by atoms with Crippen LogP contribution in [0, 0.1) is 0 Å². The molecule has 5 nitrogen and oxygen atoms in total. The number of hydrazine groups is 1. The van der Waals surface area contributed by atoms with E-state index in [0.717, 1.165) is 0 Å². The zero-order valence-corrected chi connectivity index (χ0v) is 8.93. The molecule has 82 valence electrons. The lowest BCUT2D eigenvalue weighted by atomic mass is 10.2. The molecule has 1 aromatic rings. The predicted molar refractivity (Wildman–Crippen MR) is 59.6 cm³/mol. The average molecular weight is 230 g/mol. The molecule has 2 amide bonds. The number of benzene rings is 1. The first kappa shape index (κ1) is 13.4. The minimum Gasteiger partial charge on any atom is -0.326 e. The van der Waals surface area contributed by atoms with Gasteiger partial charge in [0.05, 0.1) is 0 Å². The second-order valence-corrected chi connectivity index (χ2v) is 2.73. The maximum Gasteiger partial charge on any atom is 0.265 e. The standard InChI is InChI=1S/C9H11N3O2.ClH/c1-6(13)11-8-4-2-7(3-5-8)9(14)12-10;/h2-5H,10H2,1H3,(H,11,13)(H,12,14);1H. The summed E-state index contributed by atoms with van der Waals surface area (Å²) < 4.78 is 0. The fourth-order valence-electron chi connectivity index (χ4n) is 0.992. The van der Waals surface area contributed by atoms with Crippen molar-refractivity contribution in [3.05, 3.63) is 29.8 Å². The van der Waals surface area contributed by atoms with Crippen LogP contribution in [0.5, 0.6) is 0 Å². The van der Waals surface area contributed by atoms with Crippen LogP contribution in [0.4, 0.5) is 5.69 Å². The van der Waals surface area contributed by atoms with Gasteiger partial charge in [0.15, 0.2) is 0 Å². The van der Waals surface area contributed by atoms with Crippen molar-refractivity contribution in [2.45, 2.75) is 6.92 Å². The molecule has 6 heteroatoms. The van der Waals surface area contributed by atoms with Crippen LogP contribution < -0.4 is 16.6 Å². The molecule has 0 aromatic heterocycles. The highest BCUT2D eigenvalue weighted by Gasteiger charge is 2.02. The quantitative estimate of drug-likeness (QED) is 0.396. The number of amides is 2. The van der Waals surface area contributed by atoms with E-state index in [9.17, 15) is 9.59 Å². The Hall–Kier alpha value is -1.59. The summed E-state index contributed by atoms with van der Waals surface area (Å²) in [6.45, 7) is 1.42. The maximum absolute atomic E-state index is 11.0. The third kappa shape index (κ3) is 3.97. The molecule has 0 aliphatic rings. The minimum absolute atomic E-state index is 0. The van der Waals surface area contributed by atoms with Gasteiger partial charge < -0.3 is 5.32 Å². The van der Waals surface area contributed by atoms with Crippen LogP contribution in [-0.4, -0.2) is 11.8 Å².